The highest BCUT2D eigenvalue weighted by molar-refractivity contribution is 6.03. The van der Waals surface area contributed by atoms with Gasteiger partial charge in [-0.3, -0.25) is 33.5 Å². The quantitative estimate of drug-likeness (QED) is 0.233. The van der Waals surface area contributed by atoms with E-state index in [1.54, 1.807) is 17.7 Å². The van der Waals surface area contributed by atoms with Gasteiger partial charge in [-0.2, -0.15) is 18.3 Å². The van der Waals surface area contributed by atoms with Crippen LogP contribution in [0, 0.1) is 5.92 Å². The summed E-state index contributed by atoms with van der Waals surface area (Å²) in [4.78, 5) is 60.4. The van der Waals surface area contributed by atoms with Crippen molar-refractivity contribution in [2.24, 2.45) is 13.0 Å². The largest absolute Gasteiger partial charge is 0.433 e. The lowest BCUT2D eigenvalue weighted by Gasteiger charge is -2.43. The van der Waals surface area contributed by atoms with Gasteiger partial charge in [0, 0.05) is 50.6 Å². The molecule has 1 aromatic carbocycles. The monoisotopic (exact) mass is 715 g/mol. The third-order valence-electron chi connectivity index (χ3n) is 10.7. The molecule has 0 bridgehead atoms. The lowest BCUT2D eigenvalue weighted by Crippen LogP contribution is -2.47. The molecule has 1 atom stereocenters. The van der Waals surface area contributed by atoms with E-state index in [0.717, 1.165) is 73.9 Å². The molecule has 0 radical (unpaired) electrons. The van der Waals surface area contributed by atoms with Crippen LogP contribution >= 0.6 is 0 Å². The van der Waals surface area contributed by atoms with Crippen LogP contribution in [0.3, 0.4) is 0 Å². The minimum atomic E-state index is -4.66. The summed E-state index contributed by atoms with van der Waals surface area (Å²) < 4.78 is 44.2. The molecule has 4 aromatic heterocycles. The molecule has 2 aliphatic heterocycles. The molecule has 2 saturated heterocycles. The number of nitrogens with zero attached hydrogens (tertiary/aromatic N) is 7. The van der Waals surface area contributed by atoms with E-state index in [4.69, 9.17) is 5.10 Å². The number of hydrogen-bond acceptors (Lipinski definition) is 8. The number of benzene rings is 1. The Morgan fingerprint density at radius 2 is 1.79 bits per heavy atom. The molecular formula is C36H36F3N9O4. The number of pyridine rings is 2. The Hall–Kier alpha value is -5.38. The first kappa shape index (κ1) is 33.7. The first-order valence-electron chi connectivity index (χ1n) is 17.4. The normalized spacial score (nSPS) is 21.7. The molecule has 13 nitrogen and oxygen atoms in total. The summed E-state index contributed by atoms with van der Waals surface area (Å²) in [5.41, 5.74) is 1.55. The standard InChI is InChI=1S/C36H36F3N9O4/c1-45-32-24(4-2-6-27(32)48(35(45)52)28-12-13-31(49)43-34(28)51)22-17-46(18-22)16-20-8-10-23(11-9-20)47-19-21-14-30(40-15-26(21)44-47)42-33(50)25-5-3-7-29(41-25)36(37,38)39/h2-7,14-15,19-20,22-23,28H,8-13,16-18H2,1H3,(H,42,50)(H,43,49,51). The average molecular weight is 716 g/mol. The number of likely N-dealkylation sites (tertiary alicyclic amines) is 1. The fraction of sp³-hybridized carbons (Fsp3) is 0.417. The zero-order chi connectivity index (χ0) is 36.3. The summed E-state index contributed by atoms with van der Waals surface area (Å²) >= 11 is 0. The molecule has 3 fully saturated rings. The van der Waals surface area contributed by atoms with Crippen molar-refractivity contribution in [3.05, 3.63) is 82.3 Å². The Bertz CT molecular complexity index is 2280. The Balaban J connectivity index is 0.866. The van der Waals surface area contributed by atoms with Gasteiger partial charge in [-0.1, -0.05) is 18.2 Å². The molecule has 0 spiro atoms. The van der Waals surface area contributed by atoms with Crippen molar-refractivity contribution in [3.8, 4) is 0 Å². The van der Waals surface area contributed by atoms with Gasteiger partial charge >= 0.3 is 11.9 Å². The topological polar surface area (TPSA) is 149 Å². The number of imidazole rings is 1. The summed E-state index contributed by atoms with van der Waals surface area (Å²) in [7, 11) is 1.74. The van der Waals surface area contributed by atoms with Crippen LogP contribution in [0.4, 0.5) is 19.0 Å². The lowest BCUT2D eigenvalue weighted by atomic mass is 9.83. The molecule has 1 aliphatic carbocycles. The number of carbonyl (C=O) groups excluding carboxylic acids is 3. The van der Waals surface area contributed by atoms with E-state index in [1.807, 2.05) is 23.0 Å². The number of piperidine rings is 1. The number of imide groups is 1. The van der Waals surface area contributed by atoms with Gasteiger partial charge in [-0.15, -0.1) is 0 Å². The molecule has 6 heterocycles. The van der Waals surface area contributed by atoms with Gasteiger partial charge in [0.15, 0.2) is 0 Å². The minimum absolute atomic E-state index is 0.193. The Kier molecular flexibility index (Phi) is 8.43. The number of hydrogen-bond donors (Lipinski definition) is 2. The summed E-state index contributed by atoms with van der Waals surface area (Å²) in [6.45, 7) is 2.76. The van der Waals surface area contributed by atoms with E-state index in [1.165, 1.54) is 16.8 Å². The van der Waals surface area contributed by atoms with Gasteiger partial charge in [-0.25, -0.2) is 14.8 Å². The number of para-hydroxylation sites is 1. The highest BCUT2D eigenvalue weighted by Gasteiger charge is 2.36. The molecule has 8 rings (SSSR count). The molecule has 3 aliphatic rings. The summed E-state index contributed by atoms with van der Waals surface area (Å²) in [6.07, 6.45) is 3.31. The van der Waals surface area contributed by atoms with Crippen molar-refractivity contribution in [2.45, 2.75) is 62.7 Å². The van der Waals surface area contributed by atoms with Crippen LogP contribution in [0.5, 0.6) is 0 Å². The van der Waals surface area contributed by atoms with Crippen molar-refractivity contribution in [2.75, 3.05) is 25.0 Å². The van der Waals surface area contributed by atoms with Gasteiger partial charge in [0.05, 0.1) is 23.3 Å². The van der Waals surface area contributed by atoms with Crippen LogP contribution in [0.25, 0.3) is 21.9 Å². The second kappa shape index (κ2) is 13.0. The number of rotatable bonds is 7. The van der Waals surface area contributed by atoms with E-state index < -0.39 is 29.7 Å². The van der Waals surface area contributed by atoms with Gasteiger partial charge < -0.3 is 10.2 Å². The van der Waals surface area contributed by atoms with Gasteiger partial charge in [0.1, 0.15) is 28.8 Å². The number of aromatic nitrogens is 6. The number of fused-ring (bicyclic) bond motifs is 2. The molecule has 5 aromatic rings. The maximum Gasteiger partial charge on any atom is 0.433 e. The molecule has 270 valence electrons. The van der Waals surface area contributed by atoms with Crippen LogP contribution in [0.15, 0.2) is 59.7 Å². The summed E-state index contributed by atoms with van der Waals surface area (Å²) in [6, 6.07) is 10.2. The van der Waals surface area contributed by atoms with Crippen LogP contribution in [0.2, 0.25) is 0 Å². The second-order valence-corrected chi connectivity index (χ2v) is 14.1. The fourth-order valence-electron chi connectivity index (χ4n) is 8.00. The van der Waals surface area contributed by atoms with Crippen molar-refractivity contribution in [1.29, 1.82) is 0 Å². The Labute approximate surface area is 294 Å². The Morgan fingerprint density at radius 1 is 1.02 bits per heavy atom. The van der Waals surface area contributed by atoms with E-state index in [9.17, 15) is 32.3 Å². The zero-order valence-electron chi connectivity index (χ0n) is 28.3. The highest BCUT2D eigenvalue weighted by Crippen LogP contribution is 2.38. The lowest BCUT2D eigenvalue weighted by molar-refractivity contribution is -0.141. The van der Waals surface area contributed by atoms with Crippen molar-refractivity contribution in [1.82, 2.24) is 39.1 Å². The predicted molar refractivity (Wildman–Crippen MR) is 183 cm³/mol. The van der Waals surface area contributed by atoms with Crippen molar-refractivity contribution >= 4 is 45.5 Å². The van der Waals surface area contributed by atoms with Gasteiger partial charge in [-0.05, 0) is 67.9 Å². The van der Waals surface area contributed by atoms with Crippen LogP contribution < -0.4 is 16.3 Å². The molecular weight excluding hydrogens is 679 g/mol. The summed E-state index contributed by atoms with van der Waals surface area (Å²) in [5.74, 6) is -0.536. The number of carbonyl (C=O) groups is 3. The summed E-state index contributed by atoms with van der Waals surface area (Å²) in [5, 5.41) is 10.4. The van der Waals surface area contributed by atoms with E-state index >= 15 is 0 Å². The number of aryl methyl sites for hydroxylation is 1. The molecule has 3 amide bonds. The molecule has 1 unspecified atom stereocenters. The molecule has 52 heavy (non-hydrogen) atoms. The maximum atomic E-state index is 13.3. The second-order valence-electron chi connectivity index (χ2n) is 14.1. The predicted octanol–water partition coefficient (Wildman–Crippen LogP) is 4.56. The number of alkyl halides is 3. The highest BCUT2D eigenvalue weighted by atomic mass is 19.4. The van der Waals surface area contributed by atoms with Crippen LogP contribution in [-0.4, -0.2) is 71.1 Å². The number of nitrogens with one attached hydrogen (secondary N) is 2. The third-order valence-corrected chi connectivity index (χ3v) is 10.7. The number of anilines is 1. The minimum Gasteiger partial charge on any atom is -0.305 e. The van der Waals surface area contributed by atoms with E-state index in [-0.39, 0.29) is 41.5 Å². The first-order valence-corrected chi connectivity index (χ1v) is 17.4. The SMILES string of the molecule is Cn1c(=O)n(C2CCC(=O)NC2=O)c2cccc(C3CN(CC4CCC(n5cc6cc(NC(=O)c7cccc(C(F)(F)F)n7)ncc6n5)CC4)C3)c21. The molecule has 1 saturated carbocycles. The molecule has 16 heteroatoms. The number of amides is 3. The average Bonchev–Trinajstić information content (AvgIpc) is 3.64. The fourth-order valence-corrected chi connectivity index (χ4v) is 8.00. The van der Waals surface area contributed by atoms with E-state index in [2.05, 4.69) is 31.6 Å². The first-order chi connectivity index (χ1) is 24.9. The zero-order valence-corrected chi connectivity index (χ0v) is 28.3. The Morgan fingerprint density at radius 3 is 2.54 bits per heavy atom. The number of halogens is 3. The van der Waals surface area contributed by atoms with Crippen molar-refractivity contribution in [3.63, 3.8) is 0 Å². The maximum absolute atomic E-state index is 13.3. The van der Waals surface area contributed by atoms with E-state index in [0.29, 0.717) is 23.4 Å². The van der Waals surface area contributed by atoms with Crippen LogP contribution in [-0.2, 0) is 22.8 Å². The van der Waals surface area contributed by atoms with Crippen LogP contribution in [0.1, 0.15) is 78.3 Å². The van der Waals surface area contributed by atoms with Crippen molar-refractivity contribution < 1.29 is 27.6 Å². The molecule has 2 N–H and O–H groups in total. The smallest absolute Gasteiger partial charge is 0.305 e. The van der Waals surface area contributed by atoms with Gasteiger partial charge in [0.25, 0.3) is 5.91 Å². The van der Waals surface area contributed by atoms with Gasteiger partial charge in [0.2, 0.25) is 11.8 Å². The third kappa shape index (κ3) is 6.24.